The van der Waals surface area contributed by atoms with Crippen LogP contribution in [0, 0.1) is 0 Å². The lowest BCUT2D eigenvalue weighted by Crippen LogP contribution is -2.53. The Balaban J connectivity index is 0.000000200. The number of aliphatic hydroxyl groups excluding tert-OH is 8. The first-order valence-corrected chi connectivity index (χ1v) is 19.1. The fourth-order valence-electron chi connectivity index (χ4n) is 5.79. The predicted octanol–water partition coefficient (Wildman–Crippen LogP) is -2.74. The van der Waals surface area contributed by atoms with E-state index in [0.29, 0.717) is 31.6 Å². The minimum absolute atomic E-state index is 0.0504. The largest absolute Gasteiger partial charge is 0.388 e. The first-order valence-electron chi connectivity index (χ1n) is 17.5. The van der Waals surface area contributed by atoms with E-state index in [0.717, 1.165) is 0 Å². The zero-order valence-electron chi connectivity index (χ0n) is 30.8. The number of carbonyl (C=O) groups excluding carboxylic acids is 1. The van der Waals surface area contributed by atoms with E-state index in [9.17, 15) is 20.1 Å². The van der Waals surface area contributed by atoms with Gasteiger partial charge >= 0.3 is 0 Å². The van der Waals surface area contributed by atoms with Crippen molar-refractivity contribution in [3.8, 4) is 0 Å². The van der Waals surface area contributed by atoms with E-state index in [2.05, 4.69) is 4.74 Å². The van der Waals surface area contributed by atoms with Crippen LogP contribution in [-0.2, 0) is 56.9 Å². The number of rotatable bonds is 9. The van der Waals surface area contributed by atoms with Crippen LogP contribution in [0.2, 0.25) is 0 Å². The van der Waals surface area contributed by atoms with Gasteiger partial charge in [-0.1, -0.05) is 0 Å². The third kappa shape index (κ3) is 14.5. The van der Waals surface area contributed by atoms with Gasteiger partial charge in [0.25, 0.3) is 0 Å². The van der Waals surface area contributed by atoms with E-state index in [1.54, 1.807) is 13.8 Å². The van der Waals surface area contributed by atoms with E-state index >= 15 is 0 Å². The molecule has 1 unspecified atom stereocenters. The van der Waals surface area contributed by atoms with Crippen LogP contribution in [0.3, 0.4) is 0 Å². The van der Waals surface area contributed by atoms with E-state index < -0.39 is 91.7 Å². The standard InChI is InChI=1S/C10H17ClO5.C10H15ClO5.C7H13ClO5.C5H10O5/c2*1-10(2)15-6-5-14-9(13-4-3-11)7(12)8(6)16-10;8-1-2-12-7-6(11)5(10)4(9)3-13-7;6-2-1-10-5(9)4(8)3(2)7/h6-9,12H,3-5H2,1-2H3;6,8-9H,3-5H2,1-2H3;4-7,9-11H,1-3H2;2-9H,1H2/t6-,7+,8-,9-;6-,8-,9-;4-,5-,6+,7-;2-,3-,4+,5?/m1111/s1. The topological polar surface area (TPSA) is 280 Å². The minimum atomic E-state index is -1.41. The van der Waals surface area contributed by atoms with Crippen LogP contribution < -0.4 is 0 Å². The van der Waals surface area contributed by atoms with Crippen molar-refractivity contribution in [1.82, 2.24) is 0 Å². The number of hydrogen-bond acceptors (Lipinski definition) is 20. The van der Waals surface area contributed by atoms with Crippen LogP contribution in [0.4, 0.5) is 0 Å². The van der Waals surface area contributed by atoms with E-state index in [1.807, 2.05) is 13.8 Å². The molecule has 0 aromatic rings. The van der Waals surface area contributed by atoms with Gasteiger partial charge in [0.2, 0.25) is 12.1 Å². The molecule has 6 aliphatic heterocycles. The van der Waals surface area contributed by atoms with Crippen molar-refractivity contribution in [3.63, 3.8) is 0 Å². The van der Waals surface area contributed by atoms with E-state index in [4.69, 9.17) is 108 Å². The van der Waals surface area contributed by atoms with Crippen LogP contribution in [0.25, 0.3) is 0 Å². The Kier molecular flexibility index (Phi) is 20.5. The van der Waals surface area contributed by atoms with Crippen LogP contribution >= 0.6 is 34.8 Å². The number of aliphatic hydroxyl groups is 8. The molecule has 23 heteroatoms. The lowest BCUT2D eigenvalue weighted by atomic mass is 10.1. The summed E-state index contributed by atoms with van der Waals surface area (Å²) in [4.78, 5) is 11.9. The van der Waals surface area contributed by atoms with Gasteiger partial charge in [0.15, 0.2) is 36.5 Å². The van der Waals surface area contributed by atoms with Gasteiger partial charge in [-0.2, -0.15) is 0 Å². The number of hydrogen-bond donors (Lipinski definition) is 8. The molecule has 6 aliphatic rings. The van der Waals surface area contributed by atoms with Gasteiger partial charge in [0, 0.05) is 17.6 Å². The van der Waals surface area contributed by atoms with Crippen molar-refractivity contribution in [2.45, 2.75) is 132 Å². The average Bonchev–Trinajstić information content (AvgIpc) is 3.65. The molecule has 6 saturated heterocycles. The van der Waals surface area contributed by atoms with Crippen LogP contribution in [-0.4, -0.2) is 214 Å². The highest BCUT2D eigenvalue weighted by atomic mass is 35.5. The summed E-state index contributed by atoms with van der Waals surface area (Å²) in [6, 6.07) is 0. The molecule has 6 rings (SSSR count). The Hall–Kier alpha value is -0.220. The molecule has 0 saturated carbocycles. The van der Waals surface area contributed by atoms with Gasteiger partial charge < -0.3 is 93.0 Å². The molecule has 6 heterocycles. The van der Waals surface area contributed by atoms with Gasteiger partial charge in [-0.15, -0.1) is 34.8 Å². The lowest BCUT2D eigenvalue weighted by Gasteiger charge is -2.34. The van der Waals surface area contributed by atoms with Crippen molar-refractivity contribution in [3.05, 3.63) is 0 Å². The van der Waals surface area contributed by atoms with Gasteiger partial charge in [0.1, 0.15) is 61.0 Å². The SMILES string of the molecule is CC1(C)O[C@@H]2CO[C@@H](OCCCl)C(=O)[C@@H]2O1.CC1(C)O[C@H]2[C@H](O)[C@H](OCCCl)OC[C@H]2O1.OC1OC[C@@H](O)[C@@H](O)[C@@H]1O.O[C@@H]1[C@H](OCCCl)OC[C@@H](O)[C@H]1O. The van der Waals surface area contributed by atoms with Gasteiger partial charge in [-0.25, -0.2) is 0 Å². The first kappa shape index (κ1) is 49.1. The quantitative estimate of drug-likeness (QED) is 0.109. The highest BCUT2D eigenvalue weighted by Gasteiger charge is 2.52. The zero-order valence-corrected chi connectivity index (χ0v) is 33.1. The van der Waals surface area contributed by atoms with Gasteiger partial charge in [-0.05, 0) is 27.7 Å². The Morgan fingerprint density at radius 1 is 0.564 bits per heavy atom. The molecule has 15 atom stereocenters. The molecular formula is C32H55Cl3O20. The van der Waals surface area contributed by atoms with Gasteiger partial charge in [-0.3, -0.25) is 4.79 Å². The Morgan fingerprint density at radius 2 is 1.04 bits per heavy atom. The number of Topliss-reactive ketones (excluding diaryl/α,β-unsaturated/α-hetero) is 1. The Morgan fingerprint density at radius 3 is 1.62 bits per heavy atom. The Labute approximate surface area is 333 Å². The second-order valence-electron chi connectivity index (χ2n) is 13.7. The predicted molar refractivity (Wildman–Crippen MR) is 186 cm³/mol. The van der Waals surface area contributed by atoms with Crippen LogP contribution in [0.1, 0.15) is 27.7 Å². The molecular weight excluding hydrogens is 811 g/mol. The fourth-order valence-corrected chi connectivity index (χ4v) is 6.06. The van der Waals surface area contributed by atoms with Crippen LogP contribution in [0.5, 0.6) is 0 Å². The molecule has 0 aliphatic carbocycles. The third-order valence-corrected chi connectivity index (χ3v) is 8.83. The summed E-state index contributed by atoms with van der Waals surface area (Å²) in [5.41, 5.74) is 0. The molecule has 55 heavy (non-hydrogen) atoms. The average molecular weight is 866 g/mol. The summed E-state index contributed by atoms with van der Waals surface area (Å²) in [5.74, 6) is -0.678. The molecule has 0 radical (unpaired) electrons. The molecule has 20 nitrogen and oxygen atoms in total. The first-order chi connectivity index (χ1) is 25.9. The number of halogens is 3. The molecule has 0 bridgehead atoms. The number of ketones is 1. The third-order valence-electron chi connectivity index (χ3n) is 8.36. The van der Waals surface area contributed by atoms with E-state index in [1.165, 1.54) is 0 Å². The van der Waals surface area contributed by atoms with E-state index in [-0.39, 0.29) is 50.3 Å². The molecule has 0 amide bonds. The maximum absolute atomic E-state index is 11.9. The maximum Gasteiger partial charge on any atom is 0.220 e. The fraction of sp³-hybridized carbons (Fsp3) is 0.969. The normalized spacial score (nSPS) is 41.7. The molecule has 324 valence electrons. The number of carbonyl (C=O) groups is 1. The molecule has 0 aromatic heterocycles. The zero-order chi connectivity index (χ0) is 41.1. The van der Waals surface area contributed by atoms with Crippen molar-refractivity contribution < 1.29 is 97.8 Å². The summed E-state index contributed by atoms with van der Waals surface area (Å²) < 4.78 is 57.7. The number of alkyl halides is 3. The number of fused-ring (bicyclic) bond motifs is 2. The lowest BCUT2D eigenvalue weighted by molar-refractivity contribution is -0.268. The highest BCUT2D eigenvalue weighted by molar-refractivity contribution is 6.18. The molecule has 8 N–H and O–H groups in total. The van der Waals surface area contributed by atoms with Crippen molar-refractivity contribution >= 4 is 40.6 Å². The monoisotopic (exact) mass is 864 g/mol. The summed E-state index contributed by atoms with van der Waals surface area (Å²) in [7, 11) is 0. The summed E-state index contributed by atoms with van der Waals surface area (Å²) in [6.07, 6.45) is -13.6. The van der Waals surface area contributed by atoms with Gasteiger partial charge in [0.05, 0.1) is 46.2 Å². The Bertz CT molecular complexity index is 1110. The maximum atomic E-state index is 11.9. The molecule has 0 aromatic carbocycles. The van der Waals surface area contributed by atoms with Crippen molar-refractivity contribution in [2.75, 3.05) is 63.9 Å². The smallest absolute Gasteiger partial charge is 0.220 e. The second-order valence-corrected chi connectivity index (χ2v) is 14.8. The highest BCUT2D eigenvalue weighted by Crippen LogP contribution is 2.35. The summed E-state index contributed by atoms with van der Waals surface area (Å²) in [6.45, 7) is 8.46. The van der Waals surface area contributed by atoms with Crippen LogP contribution in [0.15, 0.2) is 0 Å². The summed E-state index contributed by atoms with van der Waals surface area (Å²) in [5, 5.41) is 72.9. The van der Waals surface area contributed by atoms with Crippen molar-refractivity contribution in [2.24, 2.45) is 0 Å². The van der Waals surface area contributed by atoms with Crippen molar-refractivity contribution in [1.29, 1.82) is 0 Å². The number of ether oxygens (including phenoxy) is 11. The molecule has 0 spiro atoms. The minimum Gasteiger partial charge on any atom is -0.388 e. The summed E-state index contributed by atoms with van der Waals surface area (Å²) >= 11 is 16.3. The molecule has 6 fully saturated rings. The second kappa shape index (κ2) is 23.0.